The molecule has 0 aliphatic carbocycles. The third-order valence-corrected chi connectivity index (χ3v) is 3.56. The van der Waals surface area contributed by atoms with Crippen molar-refractivity contribution in [1.82, 2.24) is 0 Å². The lowest BCUT2D eigenvalue weighted by Gasteiger charge is -2.32. The van der Waals surface area contributed by atoms with Crippen molar-refractivity contribution in [3.63, 3.8) is 0 Å². The Balaban J connectivity index is 2.54. The fourth-order valence-corrected chi connectivity index (χ4v) is 2.08. The first kappa shape index (κ1) is 9.82. The third-order valence-electron chi connectivity index (χ3n) is 1.46. The first-order chi connectivity index (χ1) is 4.97. The standard InChI is InChI=1S/C5H9Cl2O3P/c1-5(2-6)3-9-11(7,8)10-4-5/h2-4H2,1H3. The second-order valence-corrected chi connectivity index (χ2v) is 5.81. The maximum absolute atomic E-state index is 10.9. The molecule has 1 rings (SSSR count). The van der Waals surface area contributed by atoms with E-state index in [1.807, 2.05) is 6.92 Å². The number of hydrogen-bond acceptors (Lipinski definition) is 3. The van der Waals surface area contributed by atoms with E-state index in [1.54, 1.807) is 0 Å². The third kappa shape index (κ3) is 2.60. The van der Waals surface area contributed by atoms with Gasteiger partial charge in [0.15, 0.2) is 0 Å². The summed E-state index contributed by atoms with van der Waals surface area (Å²) in [5, 5.41) is 0. The van der Waals surface area contributed by atoms with Gasteiger partial charge in [-0.15, -0.1) is 11.6 Å². The number of halogens is 2. The predicted molar refractivity (Wildman–Crippen MR) is 44.2 cm³/mol. The number of rotatable bonds is 1. The Hall–Kier alpha value is 0.730. The van der Waals surface area contributed by atoms with E-state index in [0.717, 1.165) is 0 Å². The fraction of sp³-hybridized carbons (Fsp3) is 1.00. The SMILES string of the molecule is CC1(CCl)COP(=O)(Cl)OC1. The van der Waals surface area contributed by atoms with Gasteiger partial charge in [-0.2, -0.15) is 0 Å². The largest absolute Gasteiger partial charge is 0.424 e. The van der Waals surface area contributed by atoms with E-state index < -0.39 is 6.95 Å². The molecule has 0 radical (unpaired) electrons. The van der Waals surface area contributed by atoms with Crippen LogP contribution in [-0.2, 0) is 13.6 Å². The van der Waals surface area contributed by atoms with E-state index in [1.165, 1.54) is 0 Å². The topological polar surface area (TPSA) is 35.5 Å². The number of hydrogen-bond donors (Lipinski definition) is 0. The Labute approximate surface area is 75.3 Å². The van der Waals surface area contributed by atoms with Gasteiger partial charge in [-0.1, -0.05) is 6.92 Å². The van der Waals surface area contributed by atoms with Gasteiger partial charge in [0, 0.05) is 22.5 Å². The van der Waals surface area contributed by atoms with Crippen molar-refractivity contribution >= 4 is 29.8 Å². The van der Waals surface area contributed by atoms with Crippen LogP contribution in [0.3, 0.4) is 0 Å². The molecule has 11 heavy (non-hydrogen) atoms. The van der Waals surface area contributed by atoms with Gasteiger partial charge in [0.1, 0.15) is 0 Å². The summed E-state index contributed by atoms with van der Waals surface area (Å²) < 4.78 is 20.5. The Morgan fingerprint density at radius 3 is 2.36 bits per heavy atom. The van der Waals surface area contributed by atoms with Crippen LogP contribution in [0.4, 0.5) is 0 Å². The van der Waals surface area contributed by atoms with E-state index in [4.69, 9.17) is 31.9 Å². The maximum Gasteiger partial charge on any atom is 0.424 e. The van der Waals surface area contributed by atoms with Crippen LogP contribution in [0, 0.1) is 5.41 Å². The van der Waals surface area contributed by atoms with E-state index >= 15 is 0 Å². The van der Waals surface area contributed by atoms with Gasteiger partial charge in [-0.25, -0.2) is 4.57 Å². The molecule has 0 aromatic rings. The molecule has 1 aliphatic rings. The zero-order chi connectivity index (χ0) is 8.54. The zero-order valence-electron chi connectivity index (χ0n) is 6.05. The molecule has 0 amide bonds. The van der Waals surface area contributed by atoms with Crippen molar-refractivity contribution in [3.8, 4) is 0 Å². The van der Waals surface area contributed by atoms with Crippen LogP contribution in [0.15, 0.2) is 0 Å². The maximum atomic E-state index is 10.9. The average Bonchev–Trinajstić information content (AvgIpc) is 1.97. The molecule has 0 atom stereocenters. The summed E-state index contributed by atoms with van der Waals surface area (Å²) in [4.78, 5) is 0. The zero-order valence-corrected chi connectivity index (χ0v) is 8.46. The molecule has 1 saturated heterocycles. The Morgan fingerprint density at radius 1 is 1.55 bits per heavy atom. The van der Waals surface area contributed by atoms with Crippen molar-refractivity contribution in [1.29, 1.82) is 0 Å². The normalized spacial score (nSPS) is 45.7. The van der Waals surface area contributed by atoms with Crippen molar-refractivity contribution in [2.24, 2.45) is 5.41 Å². The molecule has 0 aromatic heterocycles. The molecule has 0 spiro atoms. The molecule has 1 fully saturated rings. The summed E-state index contributed by atoms with van der Waals surface area (Å²) in [6.07, 6.45) is 0. The first-order valence-corrected chi connectivity index (χ1v) is 6.10. The highest BCUT2D eigenvalue weighted by molar-refractivity contribution is 7.81. The van der Waals surface area contributed by atoms with Crippen LogP contribution >= 0.6 is 29.8 Å². The van der Waals surface area contributed by atoms with Crippen LogP contribution in [-0.4, -0.2) is 19.1 Å². The summed E-state index contributed by atoms with van der Waals surface area (Å²) in [5.74, 6) is 0.407. The van der Waals surface area contributed by atoms with Crippen LogP contribution in [0.1, 0.15) is 6.92 Å². The van der Waals surface area contributed by atoms with Gasteiger partial charge < -0.3 is 0 Å². The molecular formula is C5H9Cl2O3P. The van der Waals surface area contributed by atoms with E-state index in [0.29, 0.717) is 5.88 Å². The van der Waals surface area contributed by atoms with E-state index in [-0.39, 0.29) is 18.6 Å². The molecule has 0 unspecified atom stereocenters. The number of alkyl halides is 1. The second kappa shape index (κ2) is 3.23. The average molecular weight is 219 g/mol. The van der Waals surface area contributed by atoms with Gasteiger partial charge in [0.25, 0.3) is 0 Å². The van der Waals surface area contributed by atoms with Crippen molar-refractivity contribution in [2.45, 2.75) is 6.92 Å². The Kier molecular flexibility index (Phi) is 2.88. The summed E-state index contributed by atoms with van der Waals surface area (Å²) in [6.45, 7) is -0.803. The van der Waals surface area contributed by atoms with Crippen LogP contribution < -0.4 is 0 Å². The fourth-order valence-electron chi connectivity index (χ4n) is 0.622. The van der Waals surface area contributed by atoms with Crippen LogP contribution in [0.5, 0.6) is 0 Å². The molecular weight excluding hydrogens is 210 g/mol. The smallest absolute Gasteiger partial charge is 0.296 e. The minimum Gasteiger partial charge on any atom is -0.296 e. The molecule has 1 heterocycles. The van der Waals surface area contributed by atoms with Crippen LogP contribution in [0.2, 0.25) is 0 Å². The predicted octanol–water partition coefficient (Wildman–Crippen LogP) is 2.63. The molecule has 0 N–H and O–H groups in total. The first-order valence-electron chi connectivity index (χ1n) is 3.12. The highest BCUT2D eigenvalue weighted by atomic mass is 35.7. The molecule has 6 heteroatoms. The lowest BCUT2D eigenvalue weighted by atomic mass is 9.96. The summed E-state index contributed by atoms with van der Waals surface area (Å²) in [6, 6.07) is 0. The lowest BCUT2D eigenvalue weighted by Crippen LogP contribution is -2.33. The summed E-state index contributed by atoms with van der Waals surface area (Å²) in [7, 11) is 0. The monoisotopic (exact) mass is 218 g/mol. The summed E-state index contributed by atoms with van der Waals surface area (Å²) in [5.41, 5.74) is -0.260. The van der Waals surface area contributed by atoms with Crippen molar-refractivity contribution < 1.29 is 13.6 Å². The van der Waals surface area contributed by atoms with E-state index in [9.17, 15) is 4.57 Å². The van der Waals surface area contributed by atoms with Gasteiger partial charge >= 0.3 is 6.95 Å². The molecule has 0 saturated carbocycles. The molecule has 1 aliphatic heterocycles. The van der Waals surface area contributed by atoms with Gasteiger partial charge in [0.05, 0.1) is 13.2 Å². The van der Waals surface area contributed by atoms with Crippen molar-refractivity contribution in [3.05, 3.63) is 0 Å². The quantitative estimate of drug-likeness (QED) is 0.502. The van der Waals surface area contributed by atoms with Gasteiger partial charge in [-0.3, -0.25) is 9.05 Å². The van der Waals surface area contributed by atoms with Gasteiger partial charge in [-0.05, 0) is 0 Å². The van der Waals surface area contributed by atoms with Crippen LogP contribution in [0.25, 0.3) is 0 Å². The Morgan fingerprint density at radius 2 is 2.00 bits per heavy atom. The molecule has 0 aromatic carbocycles. The summed E-state index contributed by atoms with van der Waals surface area (Å²) >= 11 is 10.9. The lowest BCUT2D eigenvalue weighted by molar-refractivity contribution is 0.0516. The van der Waals surface area contributed by atoms with Crippen molar-refractivity contribution in [2.75, 3.05) is 19.1 Å². The second-order valence-electron chi connectivity index (χ2n) is 2.92. The molecule has 0 bridgehead atoms. The van der Waals surface area contributed by atoms with E-state index in [2.05, 4.69) is 0 Å². The molecule has 66 valence electrons. The van der Waals surface area contributed by atoms with Gasteiger partial charge in [0.2, 0.25) is 0 Å². The Bertz CT molecular complexity index is 184. The minimum atomic E-state index is -3.27. The highest BCUT2D eigenvalue weighted by Crippen LogP contribution is 2.58. The molecule has 3 nitrogen and oxygen atoms in total. The highest BCUT2D eigenvalue weighted by Gasteiger charge is 2.37. The minimum absolute atomic E-state index is 0.260.